The van der Waals surface area contributed by atoms with E-state index in [9.17, 15) is 18.0 Å². The summed E-state index contributed by atoms with van der Waals surface area (Å²) in [6.45, 7) is 0. The number of hydrogen-bond acceptors (Lipinski definition) is 2. The summed E-state index contributed by atoms with van der Waals surface area (Å²) >= 11 is 0. The molecule has 1 heterocycles. The molecule has 1 aromatic rings. The maximum absolute atomic E-state index is 12.5. The molecule has 0 bridgehead atoms. The molecule has 1 aliphatic heterocycles. The van der Waals surface area contributed by atoms with Crippen molar-refractivity contribution in [2.45, 2.75) is 18.6 Å². The maximum Gasteiger partial charge on any atom is 0.416 e. The zero-order valence-corrected chi connectivity index (χ0v) is 11.8. The van der Waals surface area contributed by atoms with Gasteiger partial charge in [0.05, 0.1) is 17.3 Å². The van der Waals surface area contributed by atoms with Crippen LogP contribution in [0.5, 0.6) is 0 Å². The Morgan fingerprint density at radius 1 is 1.35 bits per heavy atom. The van der Waals surface area contributed by atoms with Crippen LogP contribution in [0.4, 0.5) is 29.3 Å². The number of fused-ring (bicyclic) bond motifs is 1. The highest BCUT2D eigenvalue weighted by molar-refractivity contribution is 5.94. The topological polar surface area (TPSA) is 53.5 Å². The van der Waals surface area contributed by atoms with Crippen molar-refractivity contribution in [3.63, 3.8) is 0 Å². The molecule has 7 heteroatoms. The van der Waals surface area contributed by atoms with Gasteiger partial charge in [-0.05, 0) is 24.4 Å². The summed E-state index contributed by atoms with van der Waals surface area (Å²) in [5, 5.41) is 5.24. The fraction of sp³-hybridized carbons (Fsp3) is 0.188. The predicted molar refractivity (Wildman–Crippen MR) is 81.8 cm³/mol. The van der Waals surface area contributed by atoms with E-state index in [1.54, 1.807) is 24.3 Å². The molecule has 0 spiro atoms. The van der Waals surface area contributed by atoms with Crippen LogP contribution in [0.25, 0.3) is 6.08 Å². The van der Waals surface area contributed by atoms with Gasteiger partial charge in [0.15, 0.2) is 0 Å². The summed E-state index contributed by atoms with van der Waals surface area (Å²) in [4.78, 5) is 15.9. The summed E-state index contributed by atoms with van der Waals surface area (Å²) < 4.78 is 37.5. The van der Waals surface area contributed by atoms with Crippen LogP contribution in [0, 0.1) is 0 Å². The van der Waals surface area contributed by atoms with Crippen molar-refractivity contribution in [3.05, 3.63) is 47.6 Å². The number of halogens is 3. The number of hydrogen-bond donors (Lipinski definition) is 2. The molecule has 3 rings (SSSR count). The molecule has 4 nitrogen and oxygen atoms in total. The molecule has 1 unspecified atom stereocenters. The number of amides is 2. The van der Waals surface area contributed by atoms with Crippen LogP contribution in [-0.4, -0.2) is 24.1 Å². The second-order valence-corrected chi connectivity index (χ2v) is 5.12. The first kappa shape index (κ1) is 15.1. The van der Waals surface area contributed by atoms with Gasteiger partial charge in [-0.3, -0.25) is 0 Å². The number of carbonyl (C=O) groups is 1. The zero-order chi connectivity index (χ0) is 16.4. The van der Waals surface area contributed by atoms with E-state index in [1.807, 2.05) is 0 Å². The van der Waals surface area contributed by atoms with Gasteiger partial charge in [0, 0.05) is 17.3 Å². The van der Waals surface area contributed by atoms with Gasteiger partial charge in [0.1, 0.15) is 0 Å². The number of anilines is 1. The molecule has 1 atom stereocenters. The van der Waals surface area contributed by atoms with Crippen molar-refractivity contribution in [2.75, 3.05) is 5.32 Å². The Morgan fingerprint density at radius 3 is 2.87 bits per heavy atom. The molecule has 0 saturated heterocycles. The Hall–Kier alpha value is -2.79. The molecule has 0 aromatic heterocycles. The lowest BCUT2D eigenvalue weighted by Crippen LogP contribution is -2.37. The number of carbonyl (C=O) groups excluding carboxylic acids is 1. The maximum atomic E-state index is 12.5. The normalized spacial score (nSPS) is 18.6. The summed E-state index contributed by atoms with van der Waals surface area (Å²) in [7, 11) is 0. The predicted octanol–water partition coefficient (Wildman–Crippen LogP) is 3.95. The minimum Gasteiger partial charge on any atom is -0.331 e. The molecule has 23 heavy (non-hydrogen) atoms. The van der Waals surface area contributed by atoms with Crippen molar-refractivity contribution in [2.24, 2.45) is 4.99 Å². The molecule has 2 N–H and O–H groups in total. The summed E-state index contributed by atoms with van der Waals surface area (Å²) in [6, 6.07) is 4.25. The van der Waals surface area contributed by atoms with E-state index < -0.39 is 23.8 Å². The number of aliphatic imine (C=N–C) groups is 1. The van der Waals surface area contributed by atoms with Crippen molar-refractivity contribution in [3.8, 4) is 0 Å². The Labute approximate surface area is 130 Å². The number of allylic oxidation sites excluding steroid dienone is 2. The SMILES string of the molecule is O=C(Nc1ccc2c(c1)N=C=C2)NC1C=CC(C(F)(F)F)=CC1. The standard InChI is InChI=1S/C16H12F3N3O/c17-16(18,19)11-2-5-12(6-3-11)21-15(23)22-13-4-1-10-7-8-20-14(10)9-13/h1-5,7,9,12H,6H2,(H2,21,22,23). The third-order valence-corrected chi connectivity index (χ3v) is 3.44. The minimum atomic E-state index is -4.36. The van der Waals surface area contributed by atoms with E-state index in [2.05, 4.69) is 21.5 Å². The monoisotopic (exact) mass is 319 g/mol. The lowest BCUT2D eigenvalue weighted by molar-refractivity contribution is -0.0886. The van der Waals surface area contributed by atoms with Gasteiger partial charge in [-0.25, -0.2) is 9.79 Å². The lowest BCUT2D eigenvalue weighted by Gasteiger charge is -2.19. The molecule has 2 aliphatic rings. The molecule has 0 radical (unpaired) electrons. The van der Waals surface area contributed by atoms with E-state index in [0.29, 0.717) is 11.4 Å². The number of nitrogens with one attached hydrogen (secondary N) is 2. The molecular weight excluding hydrogens is 307 g/mol. The van der Waals surface area contributed by atoms with Crippen LogP contribution in [0.15, 0.2) is 47.0 Å². The fourth-order valence-corrected chi connectivity index (χ4v) is 2.28. The second-order valence-electron chi connectivity index (χ2n) is 5.12. The Kier molecular flexibility index (Phi) is 3.80. The molecular formula is C16H12F3N3O. The van der Waals surface area contributed by atoms with E-state index in [1.165, 1.54) is 6.08 Å². The van der Waals surface area contributed by atoms with Crippen LogP contribution in [-0.2, 0) is 0 Å². The van der Waals surface area contributed by atoms with Crippen LogP contribution in [0.1, 0.15) is 12.0 Å². The van der Waals surface area contributed by atoms with Gasteiger partial charge < -0.3 is 10.6 Å². The van der Waals surface area contributed by atoms with Crippen molar-refractivity contribution >= 4 is 29.4 Å². The smallest absolute Gasteiger partial charge is 0.331 e. The third-order valence-electron chi connectivity index (χ3n) is 3.44. The average molecular weight is 319 g/mol. The molecule has 118 valence electrons. The Balaban J connectivity index is 1.56. The van der Waals surface area contributed by atoms with Gasteiger partial charge in [-0.2, -0.15) is 13.2 Å². The lowest BCUT2D eigenvalue weighted by atomic mass is 10.0. The fourth-order valence-electron chi connectivity index (χ4n) is 2.28. The van der Waals surface area contributed by atoms with Gasteiger partial charge in [0.2, 0.25) is 0 Å². The van der Waals surface area contributed by atoms with Crippen molar-refractivity contribution in [1.82, 2.24) is 5.32 Å². The largest absolute Gasteiger partial charge is 0.416 e. The number of benzene rings is 1. The number of urea groups is 1. The average Bonchev–Trinajstić information content (AvgIpc) is 2.94. The van der Waals surface area contributed by atoms with Gasteiger partial charge in [-0.15, -0.1) is 0 Å². The first-order chi connectivity index (χ1) is 10.9. The van der Waals surface area contributed by atoms with Gasteiger partial charge in [0.25, 0.3) is 0 Å². The number of nitrogens with zero attached hydrogens (tertiary/aromatic N) is 1. The molecule has 0 fully saturated rings. The Morgan fingerprint density at radius 2 is 2.17 bits per heavy atom. The first-order valence-electron chi connectivity index (χ1n) is 6.88. The first-order valence-corrected chi connectivity index (χ1v) is 6.88. The van der Waals surface area contributed by atoms with E-state index in [0.717, 1.165) is 17.7 Å². The zero-order valence-electron chi connectivity index (χ0n) is 11.8. The third kappa shape index (κ3) is 3.52. The molecule has 1 aromatic carbocycles. The van der Waals surface area contributed by atoms with Crippen LogP contribution < -0.4 is 10.6 Å². The minimum absolute atomic E-state index is 0.0944. The molecule has 2 amide bonds. The second kappa shape index (κ2) is 5.78. The summed E-state index contributed by atoms with van der Waals surface area (Å²) in [6.07, 6.45) is 0.848. The quantitative estimate of drug-likeness (QED) is 0.865. The molecule has 0 saturated carbocycles. The van der Waals surface area contributed by atoms with Crippen molar-refractivity contribution < 1.29 is 18.0 Å². The number of alkyl halides is 3. The Bertz CT molecular complexity index is 771. The van der Waals surface area contributed by atoms with Gasteiger partial charge in [-0.1, -0.05) is 24.3 Å². The van der Waals surface area contributed by atoms with E-state index >= 15 is 0 Å². The van der Waals surface area contributed by atoms with Gasteiger partial charge >= 0.3 is 12.2 Å². The van der Waals surface area contributed by atoms with E-state index in [4.69, 9.17) is 0 Å². The van der Waals surface area contributed by atoms with E-state index in [-0.39, 0.29) is 6.42 Å². The highest BCUT2D eigenvalue weighted by Crippen LogP contribution is 2.29. The number of rotatable bonds is 2. The summed E-state index contributed by atoms with van der Waals surface area (Å²) in [5.41, 5.74) is 1.47. The van der Waals surface area contributed by atoms with Crippen LogP contribution in [0.3, 0.4) is 0 Å². The van der Waals surface area contributed by atoms with Crippen LogP contribution in [0.2, 0.25) is 0 Å². The van der Waals surface area contributed by atoms with Crippen molar-refractivity contribution in [1.29, 1.82) is 0 Å². The highest BCUT2D eigenvalue weighted by Gasteiger charge is 2.33. The molecule has 1 aliphatic carbocycles. The highest BCUT2D eigenvalue weighted by atomic mass is 19.4. The summed E-state index contributed by atoms with van der Waals surface area (Å²) in [5.74, 6) is 2.71. The van der Waals surface area contributed by atoms with Crippen LogP contribution >= 0.6 is 0 Å².